The summed E-state index contributed by atoms with van der Waals surface area (Å²) in [4.78, 5) is 0.603. The van der Waals surface area contributed by atoms with Crippen molar-refractivity contribution in [3.8, 4) is 5.75 Å². The van der Waals surface area contributed by atoms with Crippen molar-refractivity contribution in [3.63, 3.8) is 0 Å². The third-order valence-corrected chi connectivity index (χ3v) is 4.52. The number of alkyl halides is 1. The minimum Gasteiger partial charge on any atom is -0.497 e. The predicted molar refractivity (Wildman–Crippen MR) is 92.0 cm³/mol. The van der Waals surface area contributed by atoms with E-state index >= 15 is 0 Å². The van der Waals surface area contributed by atoms with E-state index in [-0.39, 0.29) is 0 Å². The first-order chi connectivity index (χ1) is 9.76. The summed E-state index contributed by atoms with van der Waals surface area (Å²) in [6, 6.07) is 8.42. The number of rotatable bonds is 11. The molecule has 0 aliphatic heterocycles. The van der Waals surface area contributed by atoms with Crippen LogP contribution in [0.15, 0.2) is 24.3 Å². The van der Waals surface area contributed by atoms with E-state index in [9.17, 15) is 0 Å². The van der Waals surface area contributed by atoms with Gasteiger partial charge in [-0.3, -0.25) is 0 Å². The van der Waals surface area contributed by atoms with E-state index in [1.54, 1.807) is 7.11 Å². The van der Waals surface area contributed by atoms with Crippen LogP contribution in [0.5, 0.6) is 5.75 Å². The van der Waals surface area contributed by atoms with Crippen LogP contribution in [0, 0.1) is 0 Å². The third kappa shape index (κ3) is 7.94. The molecule has 0 amide bonds. The largest absolute Gasteiger partial charge is 0.497 e. The first-order valence-electron chi connectivity index (χ1n) is 8.03. The molecule has 1 unspecified atom stereocenters. The Morgan fingerprint density at radius 1 is 0.950 bits per heavy atom. The van der Waals surface area contributed by atoms with Gasteiger partial charge in [-0.1, -0.05) is 79.9 Å². The molecule has 0 fully saturated rings. The molecule has 0 aliphatic rings. The number of unbranched alkanes of at least 4 members (excludes halogenated alkanes) is 6. The van der Waals surface area contributed by atoms with E-state index in [1.165, 1.54) is 56.9 Å². The zero-order chi connectivity index (χ0) is 14.6. The standard InChI is InChI=1S/C18H29BrO/c1-3-4-5-6-7-8-9-10-17(19)15-16-11-13-18(20-2)14-12-16/h11-14,17H,3-10,15H2,1-2H3. The molecule has 1 aromatic carbocycles. The maximum absolute atomic E-state index is 5.18. The molecule has 1 atom stereocenters. The summed E-state index contributed by atoms with van der Waals surface area (Å²) in [5.74, 6) is 0.937. The Balaban J connectivity index is 2.08. The van der Waals surface area contributed by atoms with Gasteiger partial charge in [0.25, 0.3) is 0 Å². The molecule has 114 valence electrons. The van der Waals surface area contributed by atoms with Gasteiger partial charge in [-0.2, -0.15) is 0 Å². The Bertz CT molecular complexity index is 334. The Morgan fingerprint density at radius 3 is 2.15 bits per heavy atom. The Labute approximate surface area is 133 Å². The molecule has 2 heteroatoms. The van der Waals surface area contributed by atoms with Crippen LogP contribution < -0.4 is 4.74 Å². The molecule has 0 saturated heterocycles. The van der Waals surface area contributed by atoms with Crippen molar-refractivity contribution in [2.24, 2.45) is 0 Å². The van der Waals surface area contributed by atoms with Crippen LogP contribution in [-0.2, 0) is 6.42 Å². The fourth-order valence-corrected chi connectivity index (χ4v) is 3.14. The molecule has 0 saturated carbocycles. The van der Waals surface area contributed by atoms with Crippen LogP contribution >= 0.6 is 15.9 Å². The number of hydrogen-bond acceptors (Lipinski definition) is 1. The lowest BCUT2D eigenvalue weighted by Gasteiger charge is -2.10. The Kier molecular flexibility index (Phi) is 9.82. The molecule has 20 heavy (non-hydrogen) atoms. The van der Waals surface area contributed by atoms with Gasteiger partial charge >= 0.3 is 0 Å². The van der Waals surface area contributed by atoms with Crippen LogP contribution in [-0.4, -0.2) is 11.9 Å². The fraction of sp³-hybridized carbons (Fsp3) is 0.667. The summed E-state index contributed by atoms with van der Waals surface area (Å²) < 4.78 is 5.18. The lowest BCUT2D eigenvalue weighted by molar-refractivity contribution is 0.414. The fourth-order valence-electron chi connectivity index (χ4n) is 2.44. The lowest BCUT2D eigenvalue weighted by Crippen LogP contribution is -2.02. The van der Waals surface area contributed by atoms with Gasteiger partial charge in [-0.25, -0.2) is 0 Å². The van der Waals surface area contributed by atoms with Gasteiger partial charge < -0.3 is 4.74 Å². The zero-order valence-electron chi connectivity index (χ0n) is 13.0. The van der Waals surface area contributed by atoms with Crippen molar-refractivity contribution in [1.82, 2.24) is 0 Å². The summed E-state index contributed by atoms with van der Waals surface area (Å²) in [7, 11) is 1.71. The molecule has 1 rings (SSSR count). The molecule has 0 aromatic heterocycles. The van der Waals surface area contributed by atoms with Crippen molar-refractivity contribution in [2.75, 3.05) is 7.11 Å². The molecule has 1 aromatic rings. The minimum atomic E-state index is 0.603. The van der Waals surface area contributed by atoms with Gasteiger partial charge in [0.05, 0.1) is 7.11 Å². The highest BCUT2D eigenvalue weighted by Gasteiger charge is 2.05. The maximum atomic E-state index is 5.18. The second-order valence-corrected chi connectivity index (χ2v) is 6.85. The number of methoxy groups -OCH3 is 1. The molecule has 0 aliphatic carbocycles. The van der Waals surface area contributed by atoms with Crippen LogP contribution in [0.1, 0.15) is 63.9 Å². The average molecular weight is 341 g/mol. The summed E-state index contributed by atoms with van der Waals surface area (Å²) in [5.41, 5.74) is 1.38. The highest BCUT2D eigenvalue weighted by Crippen LogP contribution is 2.19. The van der Waals surface area contributed by atoms with Crippen LogP contribution in [0.25, 0.3) is 0 Å². The van der Waals surface area contributed by atoms with Crippen molar-refractivity contribution in [2.45, 2.75) is 69.5 Å². The average Bonchev–Trinajstić information content (AvgIpc) is 2.47. The monoisotopic (exact) mass is 340 g/mol. The Morgan fingerprint density at radius 2 is 1.55 bits per heavy atom. The Hall–Kier alpha value is -0.500. The van der Waals surface area contributed by atoms with Gasteiger partial charge in [0.1, 0.15) is 5.75 Å². The second kappa shape index (κ2) is 11.2. The van der Waals surface area contributed by atoms with Crippen LogP contribution in [0.3, 0.4) is 0 Å². The quantitative estimate of drug-likeness (QED) is 0.347. The maximum Gasteiger partial charge on any atom is 0.118 e. The normalized spacial score (nSPS) is 12.3. The molecule has 0 bridgehead atoms. The molecular formula is C18H29BrO. The molecule has 0 N–H and O–H groups in total. The summed E-state index contributed by atoms with van der Waals surface area (Å²) in [6.07, 6.45) is 12.1. The predicted octanol–water partition coefficient (Wildman–Crippen LogP) is 6.14. The number of hydrogen-bond donors (Lipinski definition) is 0. The second-order valence-electron chi connectivity index (χ2n) is 5.56. The van der Waals surface area contributed by atoms with E-state index in [1.807, 2.05) is 12.1 Å². The lowest BCUT2D eigenvalue weighted by atomic mass is 10.0. The van der Waals surface area contributed by atoms with Gasteiger partial charge in [-0.05, 0) is 30.5 Å². The van der Waals surface area contributed by atoms with Gasteiger partial charge in [-0.15, -0.1) is 0 Å². The first-order valence-corrected chi connectivity index (χ1v) is 8.94. The van der Waals surface area contributed by atoms with Crippen molar-refractivity contribution >= 4 is 15.9 Å². The smallest absolute Gasteiger partial charge is 0.118 e. The molecule has 0 spiro atoms. The van der Waals surface area contributed by atoms with Crippen molar-refractivity contribution in [1.29, 1.82) is 0 Å². The first kappa shape index (κ1) is 17.6. The zero-order valence-corrected chi connectivity index (χ0v) is 14.6. The molecular weight excluding hydrogens is 312 g/mol. The number of ether oxygens (including phenoxy) is 1. The van der Waals surface area contributed by atoms with Gasteiger partial charge in [0.15, 0.2) is 0 Å². The van der Waals surface area contributed by atoms with Crippen LogP contribution in [0.2, 0.25) is 0 Å². The van der Waals surface area contributed by atoms with Crippen molar-refractivity contribution < 1.29 is 4.74 Å². The van der Waals surface area contributed by atoms with Crippen molar-refractivity contribution in [3.05, 3.63) is 29.8 Å². The topological polar surface area (TPSA) is 9.23 Å². The summed E-state index contributed by atoms with van der Waals surface area (Å²) in [5, 5.41) is 0. The van der Waals surface area contributed by atoms with Crippen LogP contribution in [0.4, 0.5) is 0 Å². The summed E-state index contributed by atoms with van der Waals surface area (Å²) in [6.45, 7) is 2.27. The number of benzene rings is 1. The molecule has 0 radical (unpaired) electrons. The minimum absolute atomic E-state index is 0.603. The SMILES string of the molecule is CCCCCCCCCC(Br)Cc1ccc(OC)cc1. The van der Waals surface area contributed by atoms with E-state index in [4.69, 9.17) is 4.74 Å². The highest BCUT2D eigenvalue weighted by atomic mass is 79.9. The van der Waals surface area contributed by atoms with E-state index in [0.29, 0.717) is 4.83 Å². The van der Waals surface area contributed by atoms with E-state index in [0.717, 1.165) is 12.2 Å². The number of halogens is 1. The van der Waals surface area contributed by atoms with Gasteiger partial charge in [0.2, 0.25) is 0 Å². The van der Waals surface area contributed by atoms with E-state index in [2.05, 4.69) is 35.0 Å². The van der Waals surface area contributed by atoms with E-state index < -0.39 is 0 Å². The van der Waals surface area contributed by atoms with Gasteiger partial charge in [0, 0.05) is 4.83 Å². The molecule has 1 nitrogen and oxygen atoms in total. The highest BCUT2D eigenvalue weighted by molar-refractivity contribution is 9.09. The third-order valence-electron chi connectivity index (χ3n) is 3.74. The summed E-state index contributed by atoms with van der Waals surface area (Å²) >= 11 is 3.81. The molecule has 0 heterocycles.